The molecule has 0 aromatic heterocycles. The van der Waals surface area contributed by atoms with Gasteiger partial charge in [-0.05, 0) is 62.4 Å². The number of Topliss-reactive ketones (excluding diaryl/α,β-unsaturated/α-hetero) is 1. The summed E-state index contributed by atoms with van der Waals surface area (Å²) < 4.78 is 16.1. The van der Waals surface area contributed by atoms with Crippen molar-refractivity contribution < 1.29 is 28.6 Å². The third-order valence-electron chi connectivity index (χ3n) is 7.32. The van der Waals surface area contributed by atoms with Gasteiger partial charge in [0, 0.05) is 28.8 Å². The Balaban J connectivity index is 1.87. The second-order valence-electron chi connectivity index (χ2n) is 9.48. The molecule has 200 valence electrons. The van der Waals surface area contributed by atoms with Crippen molar-refractivity contribution in [3.05, 3.63) is 87.8 Å². The van der Waals surface area contributed by atoms with Gasteiger partial charge in [0.05, 0.1) is 25.9 Å². The Morgan fingerprint density at radius 1 is 0.921 bits per heavy atom. The smallest absolute Gasteiger partial charge is 0.336 e. The molecule has 0 spiro atoms. The lowest BCUT2D eigenvalue weighted by atomic mass is 9.67. The van der Waals surface area contributed by atoms with E-state index in [2.05, 4.69) is 12.2 Å². The molecule has 0 saturated heterocycles. The molecule has 0 amide bonds. The van der Waals surface area contributed by atoms with Crippen molar-refractivity contribution >= 4 is 17.7 Å². The van der Waals surface area contributed by atoms with Crippen molar-refractivity contribution in [1.29, 1.82) is 0 Å². The van der Waals surface area contributed by atoms with Crippen LogP contribution in [0.5, 0.6) is 5.75 Å². The molecule has 3 atom stereocenters. The number of ether oxygens (including phenoxy) is 3. The number of ketones is 1. The number of rotatable bonds is 8. The lowest BCUT2D eigenvalue weighted by molar-refractivity contribution is -0.152. The molecule has 7 nitrogen and oxygen atoms in total. The first-order valence-electron chi connectivity index (χ1n) is 13.2. The SMILES string of the molecule is CCOC(=O)C1=C(C)NC2=C(C(=O)C(C(=O)OCC)C(c3ccc(OC)cc3)C2)C1c1ccc(CC)cc1. The Labute approximate surface area is 223 Å². The molecule has 2 aliphatic rings. The van der Waals surface area contributed by atoms with Crippen LogP contribution in [0.25, 0.3) is 0 Å². The summed E-state index contributed by atoms with van der Waals surface area (Å²) in [5.41, 5.74) is 4.95. The average Bonchev–Trinajstić information content (AvgIpc) is 2.92. The van der Waals surface area contributed by atoms with Crippen LogP contribution in [0.15, 0.2) is 71.1 Å². The van der Waals surface area contributed by atoms with E-state index in [4.69, 9.17) is 14.2 Å². The number of hydrogen-bond donors (Lipinski definition) is 1. The van der Waals surface area contributed by atoms with Crippen LogP contribution >= 0.6 is 0 Å². The van der Waals surface area contributed by atoms with Crippen LogP contribution < -0.4 is 10.1 Å². The minimum absolute atomic E-state index is 0.164. The highest BCUT2D eigenvalue weighted by molar-refractivity contribution is 6.13. The number of carbonyl (C=O) groups is 3. The summed E-state index contributed by atoms with van der Waals surface area (Å²) in [5.74, 6) is -2.82. The van der Waals surface area contributed by atoms with Gasteiger partial charge >= 0.3 is 11.9 Å². The summed E-state index contributed by atoms with van der Waals surface area (Å²) in [7, 11) is 1.59. The van der Waals surface area contributed by atoms with E-state index in [1.54, 1.807) is 21.0 Å². The molecule has 0 bridgehead atoms. The van der Waals surface area contributed by atoms with Crippen molar-refractivity contribution in [3.63, 3.8) is 0 Å². The van der Waals surface area contributed by atoms with Crippen LogP contribution in [-0.4, -0.2) is 38.0 Å². The van der Waals surface area contributed by atoms with Crippen molar-refractivity contribution in [3.8, 4) is 5.75 Å². The van der Waals surface area contributed by atoms with Crippen LogP contribution in [0.3, 0.4) is 0 Å². The van der Waals surface area contributed by atoms with Crippen LogP contribution in [0, 0.1) is 5.92 Å². The fourth-order valence-electron chi connectivity index (χ4n) is 5.46. The topological polar surface area (TPSA) is 90.9 Å². The summed E-state index contributed by atoms with van der Waals surface area (Å²) >= 11 is 0. The predicted octanol–water partition coefficient (Wildman–Crippen LogP) is 4.97. The molecule has 4 rings (SSSR count). The molecule has 38 heavy (non-hydrogen) atoms. The van der Waals surface area contributed by atoms with Crippen LogP contribution in [0.1, 0.15) is 62.6 Å². The average molecular weight is 518 g/mol. The van der Waals surface area contributed by atoms with E-state index in [0.717, 1.165) is 23.1 Å². The van der Waals surface area contributed by atoms with Gasteiger partial charge in [0.2, 0.25) is 0 Å². The van der Waals surface area contributed by atoms with E-state index in [1.807, 2.05) is 55.5 Å². The Hall–Kier alpha value is -3.87. The van der Waals surface area contributed by atoms with Crippen molar-refractivity contribution in [2.24, 2.45) is 5.92 Å². The molecular weight excluding hydrogens is 482 g/mol. The third-order valence-corrected chi connectivity index (χ3v) is 7.32. The zero-order valence-corrected chi connectivity index (χ0v) is 22.6. The van der Waals surface area contributed by atoms with Gasteiger partial charge in [-0.25, -0.2) is 4.79 Å². The number of carbonyl (C=O) groups excluding carboxylic acids is 3. The molecule has 1 aliphatic carbocycles. The number of aryl methyl sites for hydroxylation is 1. The minimum Gasteiger partial charge on any atom is -0.497 e. The Bertz CT molecular complexity index is 1270. The predicted molar refractivity (Wildman–Crippen MR) is 144 cm³/mol. The van der Waals surface area contributed by atoms with E-state index in [-0.39, 0.29) is 19.0 Å². The van der Waals surface area contributed by atoms with E-state index in [9.17, 15) is 14.4 Å². The summed E-state index contributed by atoms with van der Waals surface area (Å²) in [4.78, 5) is 40.8. The molecule has 1 N–H and O–H groups in total. The van der Waals surface area contributed by atoms with Gasteiger partial charge in [-0.2, -0.15) is 0 Å². The molecule has 3 unspecified atom stereocenters. The van der Waals surface area contributed by atoms with Gasteiger partial charge in [0.25, 0.3) is 0 Å². The fourth-order valence-corrected chi connectivity index (χ4v) is 5.46. The van der Waals surface area contributed by atoms with Gasteiger partial charge in [0.1, 0.15) is 11.7 Å². The fraction of sp³-hybridized carbons (Fsp3) is 0.387. The standard InChI is InChI=1S/C31H35NO6/c1-6-19-9-11-21(12-10-19)26-25(30(34)37-7-2)18(4)32-24-17-23(20-13-15-22(36-5)16-14-20)27(29(33)28(24)26)31(35)38-8-3/h9-16,23,26-27,32H,6-8,17H2,1-5H3. The van der Waals surface area contributed by atoms with Crippen molar-refractivity contribution in [1.82, 2.24) is 5.32 Å². The number of hydrogen-bond acceptors (Lipinski definition) is 7. The monoisotopic (exact) mass is 517 g/mol. The maximum atomic E-state index is 14.3. The van der Waals surface area contributed by atoms with E-state index in [0.29, 0.717) is 34.7 Å². The Morgan fingerprint density at radius 3 is 2.13 bits per heavy atom. The maximum Gasteiger partial charge on any atom is 0.336 e. The molecule has 2 aromatic rings. The first-order valence-corrected chi connectivity index (χ1v) is 13.2. The quantitative estimate of drug-likeness (QED) is 0.390. The lowest BCUT2D eigenvalue weighted by Crippen LogP contribution is -2.43. The highest BCUT2D eigenvalue weighted by Crippen LogP contribution is 2.48. The molecule has 0 saturated carbocycles. The Morgan fingerprint density at radius 2 is 1.55 bits per heavy atom. The normalized spacial score (nSPS) is 21.0. The van der Waals surface area contributed by atoms with Crippen molar-refractivity contribution in [2.45, 2.75) is 52.4 Å². The molecule has 0 radical (unpaired) electrons. The highest BCUT2D eigenvalue weighted by atomic mass is 16.5. The summed E-state index contributed by atoms with van der Waals surface area (Å²) in [6.07, 6.45) is 1.28. The lowest BCUT2D eigenvalue weighted by Gasteiger charge is -2.39. The second kappa shape index (κ2) is 11.7. The molecule has 1 aliphatic heterocycles. The molecule has 2 aromatic carbocycles. The number of allylic oxidation sites excluding steroid dienone is 3. The molecule has 1 heterocycles. The van der Waals surface area contributed by atoms with Gasteiger partial charge in [-0.15, -0.1) is 0 Å². The summed E-state index contributed by atoms with van der Waals surface area (Å²) in [5, 5.41) is 3.33. The van der Waals surface area contributed by atoms with Crippen LogP contribution in [0.2, 0.25) is 0 Å². The second-order valence-corrected chi connectivity index (χ2v) is 9.48. The van der Waals surface area contributed by atoms with Gasteiger partial charge < -0.3 is 19.5 Å². The zero-order chi connectivity index (χ0) is 27.4. The Kier molecular flexibility index (Phi) is 8.35. The maximum absolute atomic E-state index is 14.3. The minimum atomic E-state index is -1.04. The summed E-state index contributed by atoms with van der Waals surface area (Å²) in [6.45, 7) is 7.75. The molecule has 0 fully saturated rings. The number of dihydropyridines is 1. The van der Waals surface area contributed by atoms with E-state index >= 15 is 0 Å². The zero-order valence-electron chi connectivity index (χ0n) is 22.6. The van der Waals surface area contributed by atoms with Crippen molar-refractivity contribution in [2.75, 3.05) is 20.3 Å². The number of benzene rings is 2. The van der Waals surface area contributed by atoms with Gasteiger partial charge in [-0.1, -0.05) is 43.3 Å². The van der Waals surface area contributed by atoms with Gasteiger partial charge in [-0.3, -0.25) is 9.59 Å². The van der Waals surface area contributed by atoms with Gasteiger partial charge in [0.15, 0.2) is 5.78 Å². The number of nitrogens with one attached hydrogen (secondary N) is 1. The van der Waals surface area contributed by atoms with Crippen LogP contribution in [0.4, 0.5) is 0 Å². The highest BCUT2D eigenvalue weighted by Gasteiger charge is 2.49. The number of esters is 2. The first-order chi connectivity index (χ1) is 18.3. The largest absolute Gasteiger partial charge is 0.497 e. The third kappa shape index (κ3) is 5.10. The van der Waals surface area contributed by atoms with E-state index in [1.165, 1.54) is 0 Å². The first kappa shape index (κ1) is 27.2. The molecular formula is C31H35NO6. The van der Waals surface area contributed by atoms with E-state index < -0.39 is 29.7 Å². The molecule has 7 heteroatoms. The number of methoxy groups -OCH3 is 1. The van der Waals surface area contributed by atoms with Crippen LogP contribution in [-0.2, 0) is 30.3 Å². The summed E-state index contributed by atoms with van der Waals surface area (Å²) in [6, 6.07) is 15.3.